The van der Waals surface area contributed by atoms with Crippen LogP contribution in [0.2, 0.25) is 0 Å². The Morgan fingerprint density at radius 3 is 2.18 bits per heavy atom. The van der Waals surface area contributed by atoms with Crippen molar-refractivity contribution in [2.75, 3.05) is 13.7 Å². The average Bonchev–Trinajstić information content (AvgIpc) is 2.13. The molecule has 0 radical (unpaired) electrons. The molecule has 1 amide bonds. The number of ether oxygens (including phenoxy) is 2. The van der Waals surface area contributed by atoms with E-state index in [0.29, 0.717) is 6.42 Å². The molecule has 0 spiro atoms. The summed E-state index contributed by atoms with van der Waals surface area (Å²) in [6.07, 6.45) is -0.0114. The first-order valence-electron chi connectivity index (χ1n) is 5.75. The number of hydrogen-bond donors (Lipinski definition) is 2. The minimum absolute atomic E-state index is 0.147. The summed E-state index contributed by atoms with van der Waals surface area (Å²) in [6, 6.07) is -0.375. The smallest absolute Gasteiger partial charge is 0.407 e. The summed E-state index contributed by atoms with van der Waals surface area (Å²) < 4.78 is 10.4. The fourth-order valence-electron chi connectivity index (χ4n) is 1.31. The van der Waals surface area contributed by atoms with Crippen LogP contribution in [0.5, 0.6) is 0 Å². The molecule has 5 heteroatoms. The van der Waals surface area contributed by atoms with Crippen molar-refractivity contribution in [1.29, 1.82) is 0 Å². The Morgan fingerprint density at radius 1 is 1.29 bits per heavy atom. The maximum atomic E-state index is 11.5. The van der Waals surface area contributed by atoms with Crippen molar-refractivity contribution in [3.05, 3.63) is 0 Å². The zero-order valence-electron chi connectivity index (χ0n) is 11.7. The zero-order chi connectivity index (χ0) is 13.7. The van der Waals surface area contributed by atoms with Crippen LogP contribution < -0.4 is 5.32 Å². The van der Waals surface area contributed by atoms with Gasteiger partial charge in [-0.3, -0.25) is 0 Å². The Labute approximate surface area is 103 Å². The van der Waals surface area contributed by atoms with Gasteiger partial charge in [-0.2, -0.15) is 0 Å². The van der Waals surface area contributed by atoms with E-state index in [0.717, 1.165) is 0 Å². The molecule has 0 aromatic carbocycles. The second-order valence-electron chi connectivity index (χ2n) is 5.69. The maximum Gasteiger partial charge on any atom is 0.407 e. The summed E-state index contributed by atoms with van der Waals surface area (Å²) in [5.41, 5.74) is -0.941. The molecule has 0 aromatic heterocycles. The Hall–Kier alpha value is -0.810. The molecular weight excluding hydrogens is 222 g/mol. The lowest BCUT2D eigenvalue weighted by Gasteiger charge is -2.29. The number of hydrogen-bond acceptors (Lipinski definition) is 4. The van der Waals surface area contributed by atoms with Crippen LogP contribution in [0.4, 0.5) is 4.79 Å². The second-order valence-corrected chi connectivity index (χ2v) is 5.69. The van der Waals surface area contributed by atoms with E-state index >= 15 is 0 Å². The average molecular weight is 247 g/mol. The highest BCUT2D eigenvalue weighted by atomic mass is 16.6. The summed E-state index contributed by atoms with van der Waals surface area (Å²) in [6.45, 7) is 9.02. The van der Waals surface area contributed by atoms with Crippen LogP contribution in [0.15, 0.2) is 0 Å². The molecule has 0 aliphatic heterocycles. The highest BCUT2D eigenvalue weighted by Crippen LogP contribution is 2.16. The molecule has 0 aliphatic carbocycles. The molecule has 0 aromatic rings. The van der Waals surface area contributed by atoms with Gasteiger partial charge in [-0.1, -0.05) is 0 Å². The monoisotopic (exact) mass is 247 g/mol. The van der Waals surface area contributed by atoms with Gasteiger partial charge < -0.3 is 19.9 Å². The SMILES string of the molecule is COC(C)(C)CC(CO)NC(=O)OC(C)(C)C. The fourth-order valence-corrected chi connectivity index (χ4v) is 1.31. The van der Waals surface area contributed by atoms with Gasteiger partial charge in [0.25, 0.3) is 0 Å². The third-order valence-corrected chi connectivity index (χ3v) is 2.23. The number of alkyl carbamates (subject to hydrolysis) is 1. The van der Waals surface area contributed by atoms with Gasteiger partial charge in [0.15, 0.2) is 0 Å². The molecule has 0 heterocycles. The van der Waals surface area contributed by atoms with Gasteiger partial charge in [0.05, 0.1) is 18.2 Å². The van der Waals surface area contributed by atoms with Crippen molar-refractivity contribution in [3.63, 3.8) is 0 Å². The topological polar surface area (TPSA) is 67.8 Å². The predicted molar refractivity (Wildman–Crippen MR) is 65.9 cm³/mol. The van der Waals surface area contributed by atoms with Crippen LogP contribution in [-0.4, -0.2) is 42.2 Å². The van der Waals surface area contributed by atoms with Crippen LogP contribution in [0, 0.1) is 0 Å². The van der Waals surface area contributed by atoms with E-state index < -0.39 is 17.3 Å². The molecule has 1 atom stereocenters. The van der Waals surface area contributed by atoms with Crippen molar-refractivity contribution in [1.82, 2.24) is 5.32 Å². The number of carbonyl (C=O) groups excluding carboxylic acids is 1. The van der Waals surface area contributed by atoms with Crippen molar-refractivity contribution >= 4 is 6.09 Å². The van der Waals surface area contributed by atoms with E-state index in [-0.39, 0.29) is 12.6 Å². The summed E-state index contributed by atoms with van der Waals surface area (Å²) >= 11 is 0. The highest BCUT2D eigenvalue weighted by molar-refractivity contribution is 5.68. The molecule has 0 saturated carbocycles. The highest BCUT2D eigenvalue weighted by Gasteiger charge is 2.25. The van der Waals surface area contributed by atoms with Crippen LogP contribution >= 0.6 is 0 Å². The molecule has 0 aliphatic rings. The molecule has 0 rings (SSSR count). The molecule has 0 saturated heterocycles. The summed E-state index contributed by atoms with van der Waals surface area (Å²) in [4.78, 5) is 11.5. The first-order valence-corrected chi connectivity index (χ1v) is 5.75. The quantitative estimate of drug-likeness (QED) is 0.775. The van der Waals surface area contributed by atoms with Gasteiger partial charge in [-0.05, 0) is 41.0 Å². The van der Waals surface area contributed by atoms with E-state index in [4.69, 9.17) is 9.47 Å². The molecule has 2 N–H and O–H groups in total. The molecule has 102 valence electrons. The van der Waals surface area contributed by atoms with E-state index in [2.05, 4.69) is 5.32 Å². The van der Waals surface area contributed by atoms with Crippen molar-refractivity contribution in [3.8, 4) is 0 Å². The van der Waals surface area contributed by atoms with E-state index in [9.17, 15) is 9.90 Å². The van der Waals surface area contributed by atoms with Crippen LogP contribution in [0.25, 0.3) is 0 Å². The maximum absolute atomic E-state index is 11.5. The Balaban J connectivity index is 4.27. The zero-order valence-corrected chi connectivity index (χ0v) is 11.7. The standard InChI is InChI=1S/C12H25NO4/c1-11(2,3)17-10(15)13-9(8-14)7-12(4,5)16-6/h9,14H,7-8H2,1-6H3,(H,13,15). The lowest BCUT2D eigenvalue weighted by Crippen LogP contribution is -2.44. The minimum atomic E-state index is -0.541. The largest absolute Gasteiger partial charge is 0.444 e. The van der Waals surface area contributed by atoms with Crippen molar-refractivity contribution < 1.29 is 19.4 Å². The summed E-state index contributed by atoms with van der Waals surface area (Å²) in [5.74, 6) is 0. The number of amides is 1. The Kier molecular flexibility index (Phi) is 5.92. The first kappa shape index (κ1) is 16.2. The van der Waals surface area contributed by atoms with E-state index in [1.54, 1.807) is 27.9 Å². The number of carbonyl (C=O) groups is 1. The second kappa shape index (κ2) is 6.21. The summed E-state index contributed by atoms with van der Waals surface area (Å²) in [7, 11) is 1.60. The lowest BCUT2D eigenvalue weighted by molar-refractivity contribution is -0.00131. The molecule has 1 unspecified atom stereocenters. The van der Waals surface area contributed by atoms with Gasteiger partial charge in [0.1, 0.15) is 5.60 Å². The van der Waals surface area contributed by atoms with Gasteiger partial charge in [-0.15, -0.1) is 0 Å². The number of aliphatic hydroxyl groups excluding tert-OH is 1. The van der Waals surface area contributed by atoms with Gasteiger partial charge in [0.2, 0.25) is 0 Å². The number of methoxy groups -OCH3 is 1. The van der Waals surface area contributed by atoms with Crippen LogP contribution in [-0.2, 0) is 9.47 Å². The molecule has 0 bridgehead atoms. The van der Waals surface area contributed by atoms with E-state index in [1.165, 1.54) is 0 Å². The molecule has 5 nitrogen and oxygen atoms in total. The minimum Gasteiger partial charge on any atom is -0.444 e. The van der Waals surface area contributed by atoms with Crippen molar-refractivity contribution in [2.24, 2.45) is 0 Å². The third-order valence-electron chi connectivity index (χ3n) is 2.23. The fraction of sp³-hybridized carbons (Fsp3) is 0.917. The third kappa shape index (κ3) is 7.99. The number of nitrogens with one attached hydrogen (secondary N) is 1. The van der Waals surface area contributed by atoms with Crippen LogP contribution in [0.1, 0.15) is 41.0 Å². The normalized spacial score (nSPS) is 14.3. The number of aliphatic hydroxyl groups is 1. The molecule has 0 fully saturated rings. The van der Waals surface area contributed by atoms with Gasteiger partial charge in [-0.25, -0.2) is 4.79 Å². The molecular formula is C12H25NO4. The van der Waals surface area contributed by atoms with Gasteiger partial charge >= 0.3 is 6.09 Å². The predicted octanol–water partition coefficient (Wildman–Crippen LogP) is 1.69. The lowest BCUT2D eigenvalue weighted by atomic mass is 9.99. The van der Waals surface area contributed by atoms with Crippen LogP contribution in [0.3, 0.4) is 0 Å². The summed E-state index contributed by atoms with van der Waals surface area (Å²) in [5, 5.41) is 11.8. The first-order chi connectivity index (χ1) is 7.59. The van der Waals surface area contributed by atoms with Crippen molar-refractivity contribution in [2.45, 2.75) is 58.3 Å². The Morgan fingerprint density at radius 2 is 1.82 bits per heavy atom. The molecule has 17 heavy (non-hydrogen) atoms. The Bertz CT molecular complexity index is 245. The number of rotatable bonds is 5. The van der Waals surface area contributed by atoms with E-state index in [1.807, 2.05) is 13.8 Å². The van der Waals surface area contributed by atoms with Gasteiger partial charge in [0, 0.05) is 7.11 Å².